The molecule has 0 aromatic carbocycles. The van der Waals surface area contributed by atoms with Crippen molar-refractivity contribution in [2.75, 3.05) is 14.2 Å². The van der Waals surface area contributed by atoms with E-state index in [0.717, 1.165) is 23.6 Å². The highest BCUT2D eigenvalue weighted by atomic mass is 32.2. The summed E-state index contributed by atoms with van der Waals surface area (Å²) < 4.78 is 9.81. The molecule has 1 fully saturated rings. The number of nitrogens with zero attached hydrogens (tertiary/aromatic N) is 2. The fraction of sp³-hybridized carbons (Fsp3) is 0.700. The van der Waals surface area contributed by atoms with Gasteiger partial charge >= 0.3 is 5.97 Å². The van der Waals surface area contributed by atoms with Gasteiger partial charge in [0.15, 0.2) is 4.34 Å². The summed E-state index contributed by atoms with van der Waals surface area (Å²) in [5.41, 5.74) is -0.517. The standard InChI is InChI=1S/C10H15N3O2S2/c1-11-10(8(14)15-2)4-3-7(5-10)16-9-12-6-13-17-9/h6-7,11H,3-5H2,1-2H3. The Morgan fingerprint density at radius 3 is 3.18 bits per heavy atom. The van der Waals surface area contributed by atoms with Gasteiger partial charge in [0.2, 0.25) is 0 Å². The number of hydrogen-bond donors (Lipinski definition) is 1. The minimum absolute atomic E-state index is 0.166. The van der Waals surface area contributed by atoms with Crippen LogP contribution in [-0.4, -0.2) is 40.3 Å². The zero-order chi connectivity index (χ0) is 12.3. The molecular weight excluding hydrogens is 258 g/mol. The van der Waals surface area contributed by atoms with E-state index in [1.165, 1.54) is 18.6 Å². The Bertz CT molecular complexity index is 385. The fourth-order valence-corrected chi connectivity index (χ4v) is 4.15. The van der Waals surface area contributed by atoms with Crippen molar-refractivity contribution >= 4 is 29.3 Å². The van der Waals surface area contributed by atoms with E-state index in [0.29, 0.717) is 5.25 Å². The number of rotatable bonds is 4. The second kappa shape index (κ2) is 5.32. The summed E-state index contributed by atoms with van der Waals surface area (Å²) in [5, 5.41) is 3.51. The number of carbonyl (C=O) groups is 1. The van der Waals surface area contributed by atoms with Crippen molar-refractivity contribution in [3.05, 3.63) is 6.33 Å². The van der Waals surface area contributed by atoms with Crippen molar-refractivity contribution in [3.63, 3.8) is 0 Å². The molecule has 0 spiro atoms. The molecule has 0 bridgehead atoms. The second-order valence-electron chi connectivity index (χ2n) is 4.01. The van der Waals surface area contributed by atoms with Crippen LogP contribution in [0.2, 0.25) is 0 Å². The maximum absolute atomic E-state index is 11.8. The zero-order valence-electron chi connectivity index (χ0n) is 9.80. The SMILES string of the molecule is CNC1(C(=O)OC)CCC(Sc2ncns2)C1. The van der Waals surface area contributed by atoms with Crippen LogP contribution in [0.25, 0.3) is 0 Å². The van der Waals surface area contributed by atoms with Gasteiger partial charge in [-0.2, -0.15) is 4.37 Å². The number of carbonyl (C=O) groups excluding carboxylic acids is 1. The van der Waals surface area contributed by atoms with Gasteiger partial charge in [0.25, 0.3) is 0 Å². The van der Waals surface area contributed by atoms with Gasteiger partial charge < -0.3 is 10.1 Å². The van der Waals surface area contributed by atoms with Crippen LogP contribution < -0.4 is 5.32 Å². The average molecular weight is 273 g/mol. The first kappa shape index (κ1) is 12.8. The first-order valence-electron chi connectivity index (χ1n) is 5.41. The van der Waals surface area contributed by atoms with Gasteiger partial charge in [-0.15, -0.1) is 0 Å². The molecule has 2 atom stereocenters. The number of esters is 1. The predicted molar refractivity (Wildman–Crippen MR) is 67.2 cm³/mol. The van der Waals surface area contributed by atoms with Crippen LogP contribution in [0.15, 0.2) is 10.7 Å². The molecule has 2 rings (SSSR count). The van der Waals surface area contributed by atoms with Crippen molar-refractivity contribution in [1.82, 2.24) is 14.7 Å². The molecule has 7 heteroatoms. The smallest absolute Gasteiger partial charge is 0.326 e. The van der Waals surface area contributed by atoms with Crippen molar-refractivity contribution in [1.29, 1.82) is 0 Å². The molecular formula is C10H15N3O2S2. The summed E-state index contributed by atoms with van der Waals surface area (Å²) in [6.07, 6.45) is 4.14. The Hall–Kier alpha value is -0.660. The van der Waals surface area contributed by atoms with Crippen LogP contribution >= 0.6 is 23.3 Å². The molecule has 1 aliphatic carbocycles. The van der Waals surface area contributed by atoms with Crippen LogP contribution in [0.4, 0.5) is 0 Å². The molecule has 17 heavy (non-hydrogen) atoms. The van der Waals surface area contributed by atoms with E-state index in [4.69, 9.17) is 4.74 Å². The van der Waals surface area contributed by atoms with Crippen LogP contribution in [-0.2, 0) is 9.53 Å². The maximum atomic E-state index is 11.8. The number of ether oxygens (including phenoxy) is 1. The molecule has 0 saturated heterocycles. The van der Waals surface area contributed by atoms with Crippen molar-refractivity contribution in [2.24, 2.45) is 0 Å². The van der Waals surface area contributed by atoms with Gasteiger partial charge in [0.1, 0.15) is 11.9 Å². The quantitative estimate of drug-likeness (QED) is 0.835. The summed E-state index contributed by atoms with van der Waals surface area (Å²) in [6, 6.07) is 0. The lowest BCUT2D eigenvalue weighted by Gasteiger charge is -2.25. The molecule has 0 radical (unpaired) electrons. The summed E-state index contributed by atoms with van der Waals surface area (Å²) in [4.78, 5) is 15.9. The summed E-state index contributed by atoms with van der Waals surface area (Å²) in [7, 11) is 3.25. The topological polar surface area (TPSA) is 64.1 Å². The first-order chi connectivity index (χ1) is 8.20. The largest absolute Gasteiger partial charge is 0.468 e. The molecule has 1 saturated carbocycles. The molecule has 94 valence electrons. The first-order valence-corrected chi connectivity index (χ1v) is 7.06. The summed E-state index contributed by atoms with van der Waals surface area (Å²) >= 11 is 3.10. The lowest BCUT2D eigenvalue weighted by Crippen LogP contribution is -2.49. The highest BCUT2D eigenvalue weighted by molar-refractivity contribution is 8.01. The number of likely N-dealkylation sites (N-methyl/N-ethyl adjacent to an activating group) is 1. The minimum atomic E-state index is -0.517. The number of thioether (sulfide) groups is 1. The monoisotopic (exact) mass is 273 g/mol. The molecule has 2 unspecified atom stereocenters. The third-order valence-corrected chi connectivity index (χ3v) is 5.15. The second-order valence-corrected chi connectivity index (χ2v) is 6.34. The van der Waals surface area contributed by atoms with Gasteiger partial charge in [0.05, 0.1) is 7.11 Å². The van der Waals surface area contributed by atoms with Crippen LogP contribution in [0.5, 0.6) is 0 Å². The molecule has 1 N–H and O–H groups in total. The van der Waals surface area contributed by atoms with Crippen molar-refractivity contribution in [3.8, 4) is 0 Å². The van der Waals surface area contributed by atoms with Crippen molar-refractivity contribution in [2.45, 2.75) is 34.4 Å². The lowest BCUT2D eigenvalue weighted by atomic mass is 9.98. The summed E-state index contributed by atoms with van der Waals surface area (Å²) in [5.74, 6) is -0.166. The Morgan fingerprint density at radius 2 is 2.59 bits per heavy atom. The van der Waals surface area contributed by atoms with E-state index >= 15 is 0 Å². The third kappa shape index (κ3) is 2.61. The maximum Gasteiger partial charge on any atom is 0.326 e. The predicted octanol–water partition coefficient (Wildman–Crippen LogP) is 1.31. The molecule has 0 amide bonds. The lowest BCUT2D eigenvalue weighted by molar-refractivity contribution is -0.148. The minimum Gasteiger partial charge on any atom is -0.468 e. The van der Waals surface area contributed by atoms with Crippen molar-refractivity contribution < 1.29 is 9.53 Å². The average Bonchev–Trinajstić information content (AvgIpc) is 2.99. The zero-order valence-corrected chi connectivity index (χ0v) is 11.4. The Morgan fingerprint density at radius 1 is 1.76 bits per heavy atom. The van der Waals surface area contributed by atoms with Gasteiger partial charge in [-0.1, -0.05) is 11.8 Å². The molecule has 1 heterocycles. The third-order valence-electron chi connectivity index (χ3n) is 3.13. The molecule has 1 aliphatic rings. The van der Waals surface area contributed by atoms with E-state index in [1.54, 1.807) is 18.1 Å². The number of methoxy groups -OCH3 is 1. The molecule has 0 aliphatic heterocycles. The highest BCUT2D eigenvalue weighted by Crippen LogP contribution is 2.40. The molecule has 1 aromatic heterocycles. The van der Waals surface area contributed by atoms with Gasteiger partial charge in [-0.25, -0.2) is 4.98 Å². The van der Waals surface area contributed by atoms with E-state index in [9.17, 15) is 4.79 Å². The summed E-state index contributed by atoms with van der Waals surface area (Å²) in [6.45, 7) is 0. The van der Waals surface area contributed by atoms with Gasteiger partial charge in [0, 0.05) is 5.25 Å². The van der Waals surface area contributed by atoms with E-state index in [1.807, 2.05) is 7.05 Å². The van der Waals surface area contributed by atoms with E-state index in [2.05, 4.69) is 14.7 Å². The fourth-order valence-electron chi connectivity index (χ4n) is 2.17. The normalized spacial score (nSPS) is 28.2. The Kier molecular flexibility index (Phi) is 4.01. The molecule has 1 aromatic rings. The number of aromatic nitrogens is 2. The number of nitrogens with one attached hydrogen (secondary N) is 1. The van der Waals surface area contributed by atoms with Gasteiger partial charge in [-0.05, 0) is 37.8 Å². The van der Waals surface area contributed by atoms with Crippen LogP contribution in [0.1, 0.15) is 19.3 Å². The van der Waals surface area contributed by atoms with Crippen LogP contribution in [0, 0.1) is 0 Å². The highest BCUT2D eigenvalue weighted by Gasteiger charge is 2.45. The van der Waals surface area contributed by atoms with Gasteiger partial charge in [-0.3, -0.25) is 4.79 Å². The van der Waals surface area contributed by atoms with E-state index in [-0.39, 0.29) is 5.97 Å². The number of hydrogen-bond acceptors (Lipinski definition) is 7. The Labute approximate surface area is 109 Å². The Balaban J connectivity index is 2.00. The van der Waals surface area contributed by atoms with E-state index < -0.39 is 5.54 Å². The van der Waals surface area contributed by atoms with Crippen LogP contribution in [0.3, 0.4) is 0 Å². The molecule has 5 nitrogen and oxygen atoms in total.